The molecular formula is C19H20ClF2N3O2S. The maximum atomic E-state index is 12.9. The minimum absolute atomic E-state index is 0.110. The van der Waals surface area contributed by atoms with Gasteiger partial charge in [-0.15, -0.1) is 11.3 Å². The molecule has 5 nitrogen and oxygen atoms in total. The summed E-state index contributed by atoms with van der Waals surface area (Å²) in [6, 6.07) is 9.20. The van der Waals surface area contributed by atoms with Gasteiger partial charge in [-0.3, -0.25) is 9.48 Å². The highest BCUT2D eigenvalue weighted by Gasteiger charge is 2.23. The Hall–Kier alpha value is -2.03. The summed E-state index contributed by atoms with van der Waals surface area (Å²) in [5, 5.41) is 6.01. The molecule has 2 heterocycles. The molecule has 3 rings (SSSR count). The zero-order valence-corrected chi connectivity index (χ0v) is 17.1. The second kappa shape index (κ2) is 8.98. The van der Waals surface area contributed by atoms with Gasteiger partial charge in [-0.05, 0) is 24.6 Å². The molecule has 28 heavy (non-hydrogen) atoms. The van der Waals surface area contributed by atoms with E-state index in [1.807, 2.05) is 31.2 Å². The summed E-state index contributed by atoms with van der Waals surface area (Å²) < 4.78 is 32.5. The number of benzene rings is 1. The summed E-state index contributed by atoms with van der Waals surface area (Å²) in [5.74, 6) is -0.428. The number of thiophene rings is 1. The molecule has 1 aromatic carbocycles. The summed E-state index contributed by atoms with van der Waals surface area (Å²) in [7, 11) is 1.47. The average Bonchev–Trinajstić information content (AvgIpc) is 3.21. The van der Waals surface area contributed by atoms with Crippen molar-refractivity contribution in [3.8, 4) is 0 Å². The second-order valence-corrected chi connectivity index (χ2v) is 7.74. The number of alkyl halides is 2. The van der Waals surface area contributed by atoms with Crippen molar-refractivity contribution >= 4 is 39.1 Å². The van der Waals surface area contributed by atoms with Gasteiger partial charge in [0, 0.05) is 24.1 Å². The number of methoxy groups -OCH3 is 1. The number of halogens is 3. The van der Waals surface area contributed by atoms with Crippen LogP contribution in [0.25, 0.3) is 10.2 Å². The third-order valence-corrected chi connectivity index (χ3v) is 5.81. The van der Waals surface area contributed by atoms with E-state index in [0.29, 0.717) is 16.4 Å². The van der Waals surface area contributed by atoms with Crippen molar-refractivity contribution in [2.24, 2.45) is 0 Å². The number of ether oxygens (including phenoxy) is 1. The van der Waals surface area contributed by atoms with Crippen LogP contribution in [0, 0.1) is 6.92 Å². The molecule has 0 N–H and O–H groups in total. The van der Waals surface area contributed by atoms with Gasteiger partial charge in [0.2, 0.25) is 0 Å². The quantitative estimate of drug-likeness (QED) is 0.533. The number of nitrogens with zero attached hydrogens (tertiary/aromatic N) is 3. The van der Waals surface area contributed by atoms with Crippen LogP contribution in [0.15, 0.2) is 30.3 Å². The van der Waals surface area contributed by atoms with Crippen LogP contribution >= 0.6 is 22.9 Å². The number of carbonyl (C=O) groups is 1. The molecule has 0 bridgehead atoms. The molecule has 0 atom stereocenters. The number of aromatic nitrogens is 2. The molecule has 0 aliphatic rings. The van der Waals surface area contributed by atoms with Crippen LogP contribution in [-0.4, -0.2) is 53.8 Å². The maximum absolute atomic E-state index is 12.9. The molecule has 0 unspecified atom stereocenters. The van der Waals surface area contributed by atoms with Crippen LogP contribution in [0.1, 0.15) is 20.9 Å². The smallest absolute Gasteiger partial charge is 0.264 e. The first kappa shape index (κ1) is 20.7. The van der Waals surface area contributed by atoms with Gasteiger partial charge in [0.25, 0.3) is 12.3 Å². The Morgan fingerprint density at radius 2 is 2.14 bits per heavy atom. The molecule has 3 aromatic rings. The Balaban J connectivity index is 1.91. The molecular weight excluding hydrogens is 408 g/mol. The Morgan fingerprint density at radius 3 is 2.82 bits per heavy atom. The van der Waals surface area contributed by atoms with Gasteiger partial charge in [0.05, 0.1) is 30.3 Å². The maximum Gasteiger partial charge on any atom is 0.264 e. The van der Waals surface area contributed by atoms with Crippen LogP contribution in [0.5, 0.6) is 0 Å². The fraction of sp³-hybridized carbons (Fsp3) is 0.368. The van der Waals surface area contributed by atoms with Crippen molar-refractivity contribution in [3.05, 3.63) is 51.5 Å². The molecule has 0 radical (unpaired) electrons. The molecule has 0 aliphatic carbocycles. The van der Waals surface area contributed by atoms with Crippen LogP contribution in [0.4, 0.5) is 8.78 Å². The van der Waals surface area contributed by atoms with Crippen molar-refractivity contribution in [1.82, 2.24) is 14.7 Å². The van der Waals surface area contributed by atoms with Crippen LogP contribution in [-0.2, 0) is 11.3 Å². The van der Waals surface area contributed by atoms with Crippen molar-refractivity contribution in [2.45, 2.75) is 19.9 Å². The summed E-state index contributed by atoms with van der Waals surface area (Å²) in [6.45, 7) is 2.00. The first-order valence-corrected chi connectivity index (χ1v) is 9.87. The minimum Gasteiger partial charge on any atom is -0.383 e. The van der Waals surface area contributed by atoms with Gasteiger partial charge in [-0.1, -0.05) is 29.8 Å². The number of hydrogen-bond donors (Lipinski definition) is 0. The lowest BCUT2D eigenvalue weighted by Crippen LogP contribution is -2.37. The zero-order chi connectivity index (χ0) is 20.3. The van der Waals surface area contributed by atoms with E-state index in [2.05, 4.69) is 5.10 Å². The Morgan fingerprint density at radius 1 is 1.39 bits per heavy atom. The summed E-state index contributed by atoms with van der Waals surface area (Å²) in [6.07, 6.45) is -2.60. The van der Waals surface area contributed by atoms with E-state index in [1.54, 1.807) is 10.7 Å². The zero-order valence-electron chi connectivity index (χ0n) is 15.5. The molecule has 0 saturated heterocycles. The third-order valence-electron chi connectivity index (χ3n) is 4.31. The van der Waals surface area contributed by atoms with Crippen molar-refractivity contribution < 1.29 is 18.3 Å². The SMILES string of the molecule is COCCN(CC(F)F)C(=O)c1cc2c(C)nn(Cc3ccccc3Cl)c2s1. The summed E-state index contributed by atoms with van der Waals surface area (Å²) in [4.78, 5) is 15.1. The van der Waals surface area contributed by atoms with E-state index >= 15 is 0 Å². The lowest BCUT2D eigenvalue weighted by molar-refractivity contribution is 0.0482. The topological polar surface area (TPSA) is 47.4 Å². The average molecular weight is 428 g/mol. The largest absolute Gasteiger partial charge is 0.383 e. The van der Waals surface area contributed by atoms with Gasteiger partial charge in [-0.25, -0.2) is 8.78 Å². The van der Waals surface area contributed by atoms with E-state index in [-0.39, 0.29) is 13.2 Å². The second-order valence-electron chi connectivity index (χ2n) is 6.30. The standard InChI is InChI=1S/C19H20ClF2N3O2S/c1-12-14-9-16(18(26)24(7-8-27-2)11-17(21)22)28-19(14)25(23-12)10-13-5-3-4-6-15(13)20/h3-6,9,17H,7-8,10-11H2,1-2H3. The van der Waals surface area contributed by atoms with Gasteiger partial charge in [0.1, 0.15) is 4.83 Å². The number of rotatable bonds is 8. The van der Waals surface area contributed by atoms with E-state index < -0.39 is 18.9 Å². The molecule has 0 fully saturated rings. The number of aryl methyl sites for hydroxylation is 1. The monoisotopic (exact) mass is 427 g/mol. The first-order chi connectivity index (χ1) is 13.4. The Bertz CT molecular complexity index is 973. The predicted octanol–water partition coefficient (Wildman–Crippen LogP) is 4.46. The van der Waals surface area contributed by atoms with Gasteiger partial charge in [-0.2, -0.15) is 5.10 Å². The number of amides is 1. The summed E-state index contributed by atoms with van der Waals surface area (Å²) >= 11 is 7.49. The normalized spacial score (nSPS) is 11.5. The number of hydrogen-bond acceptors (Lipinski definition) is 4. The van der Waals surface area contributed by atoms with E-state index in [9.17, 15) is 13.6 Å². The number of fused-ring (bicyclic) bond motifs is 1. The molecule has 9 heteroatoms. The molecule has 1 amide bonds. The molecule has 0 spiro atoms. The first-order valence-electron chi connectivity index (χ1n) is 8.67. The van der Waals surface area contributed by atoms with Gasteiger partial charge < -0.3 is 9.64 Å². The fourth-order valence-corrected chi connectivity index (χ4v) is 4.24. The Labute approximate surface area is 170 Å². The highest BCUT2D eigenvalue weighted by atomic mass is 35.5. The van der Waals surface area contributed by atoms with Crippen LogP contribution < -0.4 is 0 Å². The van der Waals surface area contributed by atoms with Crippen molar-refractivity contribution in [2.75, 3.05) is 26.8 Å². The van der Waals surface area contributed by atoms with Crippen molar-refractivity contribution in [1.29, 1.82) is 0 Å². The number of carbonyl (C=O) groups excluding carboxylic acids is 1. The van der Waals surface area contributed by atoms with Crippen LogP contribution in [0.3, 0.4) is 0 Å². The Kier molecular flexibility index (Phi) is 6.64. The van der Waals surface area contributed by atoms with Crippen LogP contribution in [0.2, 0.25) is 5.02 Å². The molecule has 2 aromatic heterocycles. The highest BCUT2D eigenvalue weighted by Crippen LogP contribution is 2.30. The minimum atomic E-state index is -2.60. The van der Waals surface area contributed by atoms with Gasteiger partial charge in [0.15, 0.2) is 0 Å². The predicted molar refractivity (Wildman–Crippen MR) is 107 cm³/mol. The summed E-state index contributed by atoms with van der Waals surface area (Å²) in [5.41, 5.74) is 1.68. The highest BCUT2D eigenvalue weighted by molar-refractivity contribution is 7.20. The van der Waals surface area contributed by atoms with E-state index in [4.69, 9.17) is 16.3 Å². The van der Waals surface area contributed by atoms with E-state index in [0.717, 1.165) is 26.4 Å². The third kappa shape index (κ3) is 4.51. The lowest BCUT2D eigenvalue weighted by Gasteiger charge is -2.21. The fourth-order valence-electron chi connectivity index (χ4n) is 2.91. The van der Waals surface area contributed by atoms with E-state index in [1.165, 1.54) is 18.4 Å². The lowest BCUT2D eigenvalue weighted by atomic mass is 10.2. The van der Waals surface area contributed by atoms with Crippen molar-refractivity contribution in [3.63, 3.8) is 0 Å². The molecule has 0 saturated carbocycles. The molecule has 0 aliphatic heterocycles. The molecule has 150 valence electrons. The van der Waals surface area contributed by atoms with Gasteiger partial charge >= 0.3 is 0 Å².